The summed E-state index contributed by atoms with van der Waals surface area (Å²) < 4.78 is 24.8. The van der Waals surface area contributed by atoms with Crippen LogP contribution in [0, 0.1) is 5.82 Å². The fraction of sp³-hybridized carbons (Fsp3) is 0.167. The molecule has 0 aliphatic carbocycles. The van der Waals surface area contributed by atoms with Gasteiger partial charge >= 0.3 is 0 Å². The number of amides is 1. The molecule has 0 unspecified atom stereocenters. The number of ether oxygens (including phenoxy) is 1. The predicted octanol–water partition coefficient (Wildman–Crippen LogP) is 5.73. The summed E-state index contributed by atoms with van der Waals surface area (Å²) in [6, 6.07) is 19.2. The highest BCUT2D eigenvalue weighted by atomic mass is 32.2. The van der Waals surface area contributed by atoms with Crippen molar-refractivity contribution in [1.29, 1.82) is 0 Å². The summed E-state index contributed by atoms with van der Waals surface area (Å²) in [7, 11) is 0. The Morgan fingerprint density at radius 3 is 2.74 bits per heavy atom. The monoisotopic (exact) mass is 436 g/mol. The van der Waals surface area contributed by atoms with Crippen molar-refractivity contribution >= 4 is 34.6 Å². The number of aliphatic imine (C=N–C) groups is 1. The number of para-hydroxylation sites is 1. The number of hydrogen-bond donors (Lipinski definition) is 0. The van der Waals surface area contributed by atoms with Gasteiger partial charge in [-0.05, 0) is 55.1 Å². The maximum absolute atomic E-state index is 13.5. The van der Waals surface area contributed by atoms with Crippen molar-refractivity contribution in [2.75, 3.05) is 19.8 Å². The van der Waals surface area contributed by atoms with Gasteiger partial charge in [0.1, 0.15) is 17.3 Å². The van der Waals surface area contributed by atoms with Gasteiger partial charge in [0.2, 0.25) is 0 Å². The fourth-order valence-corrected chi connectivity index (χ4v) is 4.06. The summed E-state index contributed by atoms with van der Waals surface area (Å²) in [4.78, 5) is 19.8. The van der Waals surface area contributed by atoms with Crippen molar-refractivity contribution in [3.8, 4) is 11.3 Å². The molecule has 0 spiro atoms. The molecule has 5 nitrogen and oxygen atoms in total. The van der Waals surface area contributed by atoms with Gasteiger partial charge in [-0.15, -0.1) is 0 Å². The molecule has 3 aromatic rings. The lowest BCUT2D eigenvalue weighted by Crippen LogP contribution is -2.32. The quantitative estimate of drug-likeness (QED) is 0.351. The molecule has 158 valence electrons. The van der Waals surface area contributed by atoms with E-state index in [1.165, 1.54) is 23.9 Å². The third kappa shape index (κ3) is 5.13. The van der Waals surface area contributed by atoms with Crippen molar-refractivity contribution < 1.29 is 18.3 Å². The minimum atomic E-state index is -0.331. The first-order chi connectivity index (χ1) is 15.1. The highest BCUT2D eigenvalue weighted by Gasteiger charge is 2.33. The molecular formula is C24H21FN2O3S. The average Bonchev–Trinajstić information content (AvgIpc) is 3.35. The highest BCUT2D eigenvalue weighted by Crippen LogP contribution is 2.35. The van der Waals surface area contributed by atoms with Crippen LogP contribution in [0.4, 0.5) is 10.1 Å². The number of rotatable bonds is 7. The number of amidine groups is 1. The second kappa shape index (κ2) is 9.76. The van der Waals surface area contributed by atoms with Crippen LogP contribution in [0.3, 0.4) is 0 Å². The predicted molar refractivity (Wildman–Crippen MR) is 121 cm³/mol. The molecule has 1 aromatic heterocycles. The average molecular weight is 437 g/mol. The highest BCUT2D eigenvalue weighted by molar-refractivity contribution is 8.18. The number of carbonyl (C=O) groups excluding carboxylic acids is 1. The molecule has 1 saturated heterocycles. The molecule has 0 bridgehead atoms. The molecule has 0 atom stereocenters. The fourth-order valence-electron chi connectivity index (χ4n) is 3.06. The molecule has 4 rings (SSSR count). The van der Waals surface area contributed by atoms with E-state index in [1.807, 2.05) is 37.3 Å². The topological polar surface area (TPSA) is 55.0 Å². The van der Waals surface area contributed by atoms with Gasteiger partial charge < -0.3 is 9.15 Å². The first kappa shape index (κ1) is 21.1. The van der Waals surface area contributed by atoms with Gasteiger partial charge in [0.05, 0.1) is 23.7 Å². The van der Waals surface area contributed by atoms with Gasteiger partial charge in [-0.3, -0.25) is 9.69 Å². The molecule has 0 N–H and O–H groups in total. The summed E-state index contributed by atoms with van der Waals surface area (Å²) in [5, 5.41) is 0.596. The van der Waals surface area contributed by atoms with E-state index >= 15 is 0 Å². The third-order valence-corrected chi connectivity index (χ3v) is 5.55. The molecule has 0 saturated carbocycles. The van der Waals surface area contributed by atoms with Crippen molar-refractivity contribution in [3.05, 3.63) is 83.2 Å². The van der Waals surface area contributed by atoms with Crippen LogP contribution in [0.1, 0.15) is 12.7 Å². The second-order valence-corrected chi connectivity index (χ2v) is 7.72. The summed E-state index contributed by atoms with van der Waals surface area (Å²) in [6.07, 6.45) is 1.69. The van der Waals surface area contributed by atoms with Crippen LogP contribution in [0.5, 0.6) is 0 Å². The van der Waals surface area contributed by atoms with E-state index in [-0.39, 0.29) is 11.7 Å². The number of halogens is 1. The zero-order valence-electron chi connectivity index (χ0n) is 17.0. The zero-order chi connectivity index (χ0) is 21.6. The van der Waals surface area contributed by atoms with Crippen LogP contribution in [-0.2, 0) is 9.53 Å². The SMILES string of the molecule is CCOCCN1C(=O)/C(=C\c2ccc(-c3cccc(F)c3)o2)SC1=Nc1ccccc1. The van der Waals surface area contributed by atoms with Crippen LogP contribution < -0.4 is 0 Å². The Bertz CT molecular complexity index is 1120. The van der Waals surface area contributed by atoms with Gasteiger partial charge in [-0.1, -0.05) is 30.3 Å². The van der Waals surface area contributed by atoms with Gasteiger partial charge in [0.25, 0.3) is 5.91 Å². The number of furan rings is 1. The standard InChI is InChI=1S/C24H21FN2O3S/c1-2-29-14-13-27-23(28)22(31-24(27)26-19-9-4-3-5-10-19)16-20-11-12-21(30-20)17-7-6-8-18(25)15-17/h3-12,15-16H,2,13-14H2,1H3/b22-16+,26-24?. The van der Waals surface area contributed by atoms with Crippen LogP contribution in [0.15, 0.2) is 81.0 Å². The Morgan fingerprint density at radius 2 is 1.97 bits per heavy atom. The van der Waals surface area contributed by atoms with Gasteiger partial charge in [0.15, 0.2) is 5.17 Å². The van der Waals surface area contributed by atoms with E-state index < -0.39 is 0 Å². The largest absolute Gasteiger partial charge is 0.457 e. The van der Waals surface area contributed by atoms with Crippen molar-refractivity contribution in [3.63, 3.8) is 0 Å². The van der Waals surface area contributed by atoms with E-state index in [0.717, 1.165) is 5.69 Å². The van der Waals surface area contributed by atoms with Crippen LogP contribution in [0.25, 0.3) is 17.4 Å². The maximum Gasteiger partial charge on any atom is 0.266 e. The number of thioether (sulfide) groups is 1. The van der Waals surface area contributed by atoms with Crippen LogP contribution in [-0.4, -0.2) is 35.7 Å². The van der Waals surface area contributed by atoms with Crippen molar-refractivity contribution in [2.45, 2.75) is 6.92 Å². The number of carbonyl (C=O) groups is 1. The lowest BCUT2D eigenvalue weighted by atomic mass is 10.2. The third-order valence-electron chi connectivity index (χ3n) is 4.54. The second-order valence-electron chi connectivity index (χ2n) is 6.71. The normalized spacial score (nSPS) is 16.6. The molecule has 2 aromatic carbocycles. The Balaban J connectivity index is 1.60. The molecule has 7 heteroatoms. The first-order valence-electron chi connectivity index (χ1n) is 9.92. The summed E-state index contributed by atoms with van der Waals surface area (Å²) in [5.41, 5.74) is 1.41. The van der Waals surface area contributed by atoms with Crippen LogP contribution in [0.2, 0.25) is 0 Å². The molecule has 0 radical (unpaired) electrons. The van der Waals surface area contributed by atoms with Crippen molar-refractivity contribution in [1.82, 2.24) is 4.90 Å². The molecule has 31 heavy (non-hydrogen) atoms. The smallest absolute Gasteiger partial charge is 0.266 e. The number of hydrogen-bond acceptors (Lipinski definition) is 5. The van der Waals surface area contributed by atoms with E-state index in [1.54, 1.807) is 35.2 Å². The minimum Gasteiger partial charge on any atom is -0.457 e. The summed E-state index contributed by atoms with van der Waals surface area (Å²) >= 11 is 1.29. The summed E-state index contributed by atoms with van der Waals surface area (Å²) in [6.45, 7) is 3.33. The van der Waals surface area contributed by atoms with E-state index in [4.69, 9.17) is 9.15 Å². The Hall–Kier alpha value is -3.16. The Labute approximate surface area is 184 Å². The zero-order valence-corrected chi connectivity index (χ0v) is 17.8. The molecule has 2 heterocycles. The molecular weight excluding hydrogens is 415 g/mol. The molecule has 1 aliphatic rings. The van der Waals surface area contributed by atoms with Gasteiger partial charge in [0, 0.05) is 18.2 Å². The Kier molecular flexibility index (Phi) is 6.64. The number of benzene rings is 2. The minimum absolute atomic E-state index is 0.150. The molecule has 1 aliphatic heterocycles. The summed E-state index contributed by atoms with van der Waals surface area (Å²) in [5.74, 6) is 0.569. The van der Waals surface area contributed by atoms with Crippen LogP contribution >= 0.6 is 11.8 Å². The molecule has 1 amide bonds. The van der Waals surface area contributed by atoms with E-state index in [2.05, 4.69) is 4.99 Å². The number of nitrogens with zero attached hydrogens (tertiary/aromatic N) is 2. The van der Waals surface area contributed by atoms with E-state index in [9.17, 15) is 9.18 Å². The lowest BCUT2D eigenvalue weighted by molar-refractivity contribution is -0.122. The van der Waals surface area contributed by atoms with Crippen molar-refractivity contribution in [2.24, 2.45) is 4.99 Å². The van der Waals surface area contributed by atoms with Gasteiger partial charge in [-0.2, -0.15) is 0 Å². The molecule has 1 fully saturated rings. The maximum atomic E-state index is 13.5. The Morgan fingerprint density at radius 1 is 1.13 bits per heavy atom. The first-order valence-corrected chi connectivity index (χ1v) is 10.7. The lowest BCUT2D eigenvalue weighted by Gasteiger charge is -2.15. The van der Waals surface area contributed by atoms with Gasteiger partial charge in [-0.25, -0.2) is 9.38 Å². The van der Waals surface area contributed by atoms with E-state index in [0.29, 0.717) is 46.9 Å².